The van der Waals surface area contributed by atoms with Crippen molar-refractivity contribution in [2.75, 3.05) is 49.3 Å². The van der Waals surface area contributed by atoms with Crippen LogP contribution in [0.4, 0.5) is 0 Å². The van der Waals surface area contributed by atoms with Crippen molar-refractivity contribution in [3.05, 3.63) is 12.2 Å². The van der Waals surface area contributed by atoms with E-state index >= 15 is 0 Å². The predicted molar refractivity (Wildman–Crippen MR) is 193 cm³/mol. The number of hydrogen-bond donors (Lipinski definition) is 0. The number of unbranched alkanes of at least 4 members (excludes halogenated alkanes) is 8. The molecule has 0 saturated carbocycles. The van der Waals surface area contributed by atoms with Gasteiger partial charge in [0, 0.05) is 0 Å². The summed E-state index contributed by atoms with van der Waals surface area (Å²) in [7, 11) is 0. The van der Waals surface area contributed by atoms with Crippen LogP contribution in [0.25, 0.3) is 0 Å². The molecule has 0 aliphatic carbocycles. The van der Waals surface area contributed by atoms with Gasteiger partial charge in [0.2, 0.25) is 0 Å². The van der Waals surface area contributed by atoms with E-state index in [9.17, 15) is 9.59 Å². The molecule has 0 fully saturated rings. The van der Waals surface area contributed by atoms with E-state index in [1.54, 1.807) is 0 Å². The Hall–Kier alpha value is -0.460. The summed E-state index contributed by atoms with van der Waals surface area (Å²) in [5, 5.41) is 0. The summed E-state index contributed by atoms with van der Waals surface area (Å²) < 4.78 is 13.6. The molecule has 0 atom stereocenters. The van der Waals surface area contributed by atoms with Crippen LogP contribution in [0.3, 0.4) is 0 Å². The second-order valence-corrected chi connectivity index (χ2v) is 24.9. The van der Waals surface area contributed by atoms with Gasteiger partial charge in [0.15, 0.2) is 0 Å². The molecule has 252 valence electrons. The third kappa shape index (κ3) is 14.1. The Labute approximate surface area is 263 Å². The van der Waals surface area contributed by atoms with E-state index in [-0.39, 0.29) is 11.9 Å². The van der Waals surface area contributed by atoms with Crippen LogP contribution in [-0.4, -0.2) is 61.2 Å². The molecule has 0 aromatic heterocycles. The van der Waals surface area contributed by atoms with Gasteiger partial charge in [0.05, 0.1) is 0 Å². The zero-order valence-corrected chi connectivity index (χ0v) is 31.4. The van der Waals surface area contributed by atoms with Gasteiger partial charge in [-0.25, -0.2) is 0 Å². The summed E-state index contributed by atoms with van der Waals surface area (Å²) in [6.07, 6.45) is 28.8. The molecule has 0 aliphatic heterocycles. The Morgan fingerprint density at radius 3 is 0.690 bits per heavy atom. The first kappa shape index (κ1) is 41.5. The van der Waals surface area contributed by atoms with Gasteiger partial charge in [0.1, 0.15) is 0 Å². The average Bonchev–Trinajstić information content (AvgIpc) is 3.00. The summed E-state index contributed by atoms with van der Waals surface area (Å²) in [6.45, 7) is 12.4. The van der Waals surface area contributed by atoms with E-state index in [2.05, 4.69) is 55.4 Å². The molecule has 0 saturated heterocycles. The normalized spacial score (nSPS) is 14.3. The van der Waals surface area contributed by atoms with Crippen LogP contribution in [0, 0.1) is 0 Å². The maximum atomic E-state index is 13.7. The number of hydrogen-bond acceptors (Lipinski definition) is 4. The van der Waals surface area contributed by atoms with Crippen LogP contribution in [0.15, 0.2) is 12.2 Å². The molecule has 0 heterocycles. The number of rotatable bonds is 28. The summed E-state index contributed by atoms with van der Waals surface area (Å²) in [6, 6.07) is 0. The van der Waals surface area contributed by atoms with Crippen molar-refractivity contribution in [2.45, 2.75) is 158 Å². The number of carbonyl (C=O) groups excluding carboxylic acids is 2. The Balaban J connectivity index is 6.42. The zero-order valence-electron chi connectivity index (χ0n) is 29.7. The summed E-state index contributed by atoms with van der Waals surface area (Å²) in [4.78, 5) is 27.4. The fourth-order valence-electron chi connectivity index (χ4n) is 6.88. The molecule has 0 radical (unpaired) electrons. The minimum absolute atomic E-state index is 0.312. The quantitative estimate of drug-likeness (QED) is 0.0636. The van der Waals surface area contributed by atoms with Crippen molar-refractivity contribution in [3.8, 4) is 0 Å². The predicted octanol–water partition coefficient (Wildman–Crippen LogP) is 12.0. The fourth-order valence-corrected chi connectivity index (χ4v) is 20.4. The monoisotopic (exact) mass is 633 g/mol. The third-order valence-electron chi connectivity index (χ3n) is 9.67. The van der Waals surface area contributed by atoms with Crippen LogP contribution >= 0.6 is 13.7 Å². The molecule has 6 heteroatoms. The van der Waals surface area contributed by atoms with Crippen LogP contribution < -0.4 is 0 Å². The average molecular weight is 633 g/mol. The SMILES string of the molecule is CCCCP(CCCC)(CCCC)(CCCC)OC(=O)/C=C/C(=O)OP(CCCC)(CCCC)(CCCC)CCCC. The van der Waals surface area contributed by atoms with E-state index in [1.165, 1.54) is 12.2 Å². The van der Waals surface area contributed by atoms with Crippen molar-refractivity contribution in [1.29, 1.82) is 0 Å². The Kier molecular flexibility index (Phi) is 21.9. The molecule has 0 aliphatic rings. The summed E-state index contributed by atoms with van der Waals surface area (Å²) >= 11 is 0. The van der Waals surface area contributed by atoms with Crippen molar-refractivity contribution in [3.63, 3.8) is 0 Å². The van der Waals surface area contributed by atoms with E-state index in [0.717, 1.165) is 152 Å². The zero-order chi connectivity index (χ0) is 31.8. The maximum absolute atomic E-state index is 13.7. The van der Waals surface area contributed by atoms with Crippen LogP contribution in [-0.2, 0) is 18.6 Å². The molecule has 0 bridgehead atoms. The van der Waals surface area contributed by atoms with Gasteiger partial charge in [-0.1, -0.05) is 0 Å². The molecule has 4 nitrogen and oxygen atoms in total. The van der Waals surface area contributed by atoms with E-state index in [1.807, 2.05) is 0 Å². The molecule has 0 rings (SSSR count). The van der Waals surface area contributed by atoms with E-state index in [0.29, 0.717) is 0 Å². The summed E-state index contributed by atoms with van der Waals surface area (Å²) in [5.74, 6) is -0.623. The van der Waals surface area contributed by atoms with E-state index < -0.39 is 13.7 Å². The third-order valence-corrected chi connectivity index (χ3v) is 22.6. The molecule has 0 N–H and O–H groups in total. The molecule has 0 unspecified atom stereocenters. The first-order chi connectivity index (χ1) is 20.1. The van der Waals surface area contributed by atoms with Crippen molar-refractivity contribution in [1.82, 2.24) is 0 Å². The van der Waals surface area contributed by atoms with Gasteiger partial charge in [-0.3, -0.25) is 0 Å². The van der Waals surface area contributed by atoms with Crippen LogP contribution in [0.2, 0.25) is 0 Å². The second kappa shape index (κ2) is 22.1. The van der Waals surface area contributed by atoms with Gasteiger partial charge < -0.3 is 0 Å². The van der Waals surface area contributed by atoms with Crippen LogP contribution in [0.1, 0.15) is 158 Å². The summed E-state index contributed by atoms with van der Waals surface area (Å²) in [5.41, 5.74) is 0. The first-order valence-electron chi connectivity index (χ1n) is 18.3. The molecular weight excluding hydrogens is 558 g/mol. The van der Waals surface area contributed by atoms with Crippen molar-refractivity contribution < 1.29 is 18.6 Å². The van der Waals surface area contributed by atoms with Crippen molar-refractivity contribution in [2.24, 2.45) is 0 Å². The van der Waals surface area contributed by atoms with Gasteiger partial charge >= 0.3 is 264 Å². The minimum atomic E-state index is -2.74. The Bertz CT molecular complexity index is 614. The van der Waals surface area contributed by atoms with Gasteiger partial charge in [-0.2, -0.15) is 0 Å². The molecular formula is C36H74O4P2. The van der Waals surface area contributed by atoms with Crippen LogP contribution in [0.5, 0.6) is 0 Å². The number of carbonyl (C=O) groups is 2. The van der Waals surface area contributed by atoms with Crippen molar-refractivity contribution >= 4 is 25.6 Å². The molecule has 0 amide bonds. The van der Waals surface area contributed by atoms with Gasteiger partial charge in [-0.05, 0) is 0 Å². The van der Waals surface area contributed by atoms with E-state index in [4.69, 9.17) is 9.05 Å². The molecule has 0 aromatic carbocycles. The molecule has 0 aromatic rings. The standard InChI is InChI=1S/C36H74O4P2/c1-9-17-27-41(28-18-10-2,29-19-11-3,30-20-12-4)39-35(37)25-26-36(38)40-42(31-21-13-5,32-22-14-6,33-23-15-7)34-24-16-8/h25-26H,9-24,27-34H2,1-8H3/b26-25+. The Morgan fingerprint density at radius 2 is 0.548 bits per heavy atom. The molecule has 42 heavy (non-hydrogen) atoms. The topological polar surface area (TPSA) is 52.6 Å². The van der Waals surface area contributed by atoms with Gasteiger partial charge in [-0.15, -0.1) is 0 Å². The van der Waals surface area contributed by atoms with Gasteiger partial charge in [0.25, 0.3) is 0 Å². The molecule has 0 spiro atoms. The Morgan fingerprint density at radius 1 is 0.381 bits per heavy atom. The first-order valence-corrected chi connectivity index (χ1v) is 24.1. The second-order valence-electron chi connectivity index (χ2n) is 13.5. The fraction of sp³-hybridized carbons (Fsp3) is 0.889.